The standard InChI is InChI=1S/C10H21OS/c1-12(2)9-8-11-10-6-4-3-5-7-10/h10H,3-9H2,1-2H3/q+1. The summed E-state index contributed by atoms with van der Waals surface area (Å²) >= 11 is 0. The molecule has 1 saturated carbocycles. The second kappa shape index (κ2) is 5.87. The maximum Gasteiger partial charge on any atom is 0.130 e. The molecule has 0 aliphatic heterocycles. The van der Waals surface area contributed by atoms with E-state index < -0.39 is 0 Å². The Morgan fingerprint density at radius 3 is 2.42 bits per heavy atom. The van der Waals surface area contributed by atoms with E-state index >= 15 is 0 Å². The van der Waals surface area contributed by atoms with Gasteiger partial charge < -0.3 is 4.74 Å². The van der Waals surface area contributed by atoms with Gasteiger partial charge in [-0.25, -0.2) is 0 Å². The summed E-state index contributed by atoms with van der Waals surface area (Å²) in [6.45, 7) is 0.987. The molecule has 0 aromatic rings. The highest BCUT2D eigenvalue weighted by Gasteiger charge is 2.14. The zero-order chi connectivity index (χ0) is 8.81. The largest absolute Gasteiger partial charge is 0.373 e. The van der Waals surface area contributed by atoms with Gasteiger partial charge in [0.15, 0.2) is 0 Å². The second-order valence-corrected chi connectivity index (χ2v) is 6.20. The molecule has 1 rings (SSSR count). The minimum absolute atomic E-state index is 0.555. The lowest BCUT2D eigenvalue weighted by molar-refractivity contribution is 0.0383. The summed E-state index contributed by atoms with van der Waals surface area (Å²) < 4.78 is 5.80. The van der Waals surface area contributed by atoms with Gasteiger partial charge in [-0.1, -0.05) is 19.3 Å². The Balaban J connectivity index is 1.98. The van der Waals surface area contributed by atoms with Crippen molar-refractivity contribution < 1.29 is 4.74 Å². The van der Waals surface area contributed by atoms with Crippen LogP contribution in [0.2, 0.25) is 0 Å². The molecule has 0 aromatic carbocycles. The highest BCUT2D eigenvalue weighted by atomic mass is 32.2. The third-order valence-corrected chi connectivity index (χ3v) is 3.38. The van der Waals surface area contributed by atoms with E-state index in [4.69, 9.17) is 4.74 Å². The van der Waals surface area contributed by atoms with E-state index in [2.05, 4.69) is 12.5 Å². The summed E-state index contributed by atoms with van der Waals surface area (Å²) in [5.74, 6) is 1.25. The minimum Gasteiger partial charge on any atom is -0.373 e. The summed E-state index contributed by atoms with van der Waals surface area (Å²) in [4.78, 5) is 0. The van der Waals surface area contributed by atoms with Crippen molar-refractivity contribution in [1.29, 1.82) is 0 Å². The first-order valence-corrected chi connectivity index (χ1v) is 7.16. The van der Waals surface area contributed by atoms with Gasteiger partial charge >= 0.3 is 0 Å². The molecule has 1 nitrogen and oxygen atoms in total. The topological polar surface area (TPSA) is 9.23 Å². The average molecular weight is 189 g/mol. The Kier molecular flexibility index (Phi) is 5.08. The molecule has 0 amide bonds. The molecular formula is C10H21OS+. The first-order chi connectivity index (χ1) is 5.79. The lowest BCUT2D eigenvalue weighted by Gasteiger charge is -2.21. The third kappa shape index (κ3) is 4.36. The average Bonchev–Trinajstić information content (AvgIpc) is 2.05. The van der Waals surface area contributed by atoms with Crippen LogP contribution in [0.4, 0.5) is 0 Å². The van der Waals surface area contributed by atoms with Crippen molar-refractivity contribution in [2.45, 2.75) is 38.2 Å². The van der Waals surface area contributed by atoms with Crippen LogP contribution in [0.5, 0.6) is 0 Å². The van der Waals surface area contributed by atoms with Crippen molar-refractivity contribution in [3.05, 3.63) is 0 Å². The zero-order valence-corrected chi connectivity index (χ0v) is 9.16. The molecule has 0 unspecified atom stereocenters. The Hall–Kier alpha value is 0.310. The highest BCUT2D eigenvalue weighted by Crippen LogP contribution is 2.19. The Morgan fingerprint density at radius 1 is 1.17 bits per heavy atom. The van der Waals surface area contributed by atoms with Crippen molar-refractivity contribution >= 4 is 10.9 Å². The van der Waals surface area contributed by atoms with E-state index in [0.717, 1.165) is 6.61 Å². The van der Waals surface area contributed by atoms with Crippen LogP contribution < -0.4 is 0 Å². The molecule has 0 N–H and O–H groups in total. The molecule has 0 bridgehead atoms. The van der Waals surface area contributed by atoms with E-state index in [-0.39, 0.29) is 0 Å². The molecule has 1 fully saturated rings. The van der Waals surface area contributed by atoms with Gasteiger partial charge in [-0.2, -0.15) is 0 Å². The van der Waals surface area contributed by atoms with Crippen molar-refractivity contribution in [3.8, 4) is 0 Å². The van der Waals surface area contributed by atoms with Crippen molar-refractivity contribution in [2.75, 3.05) is 24.9 Å². The van der Waals surface area contributed by atoms with Crippen molar-refractivity contribution in [2.24, 2.45) is 0 Å². The van der Waals surface area contributed by atoms with Crippen LogP contribution in [0.3, 0.4) is 0 Å². The lowest BCUT2D eigenvalue weighted by atomic mass is 9.98. The molecule has 0 aromatic heterocycles. The van der Waals surface area contributed by atoms with Crippen LogP contribution in [0.1, 0.15) is 32.1 Å². The zero-order valence-electron chi connectivity index (χ0n) is 8.34. The van der Waals surface area contributed by atoms with E-state index in [9.17, 15) is 0 Å². The number of ether oxygens (including phenoxy) is 1. The summed E-state index contributed by atoms with van der Waals surface area (Å²) in [7, 11) is 0.555. The predicted molar refractivity (Wildman–Crippen MR) is 56.9 cm³/mol. The van der Waals surface area contributed by atoms with Gasteiger partial charge in [-0.15, -0.1) is 0 Å². The van der Waals surface area contributed by atoms with E-state index in [0.29, 0.717) is 17.0 Å². The van der Waals surface area contributed by atoms with Gasteiger partial charge in [0, 0.05) is 0 Å². The monoisotopic (exact) mass is 189 g/mol. The van der Waals surface area contributed by atoms with Gasteiger partial charge in [-0.05, 0) is 23.7 Å². The van der Waals surface area contributed by atoms with Gasteiger partial charge in [0.05, 0.1) is 25.2 Å². The van der Waals surface area contributed by atoms with Crippen molar-refractivity contribution in [3.63, 3.8) is 0 Å². The van der Waals surface area contributed by atoms with Gasteiger partial charge in [0.1, 0.15) is 5.75 Å². The smallest absolute Gasteiger partial charge is 0.130 e. The molecule has 72 valence electrons. The summed E-state index contributed by atoms with van der Waals surface area (Å²) in [5.41, 5.74) is 0. The SMILES string of the molecule is C[S+](C)CCOC1CCCCC1. The van der Waals surface area contributed by atoms with Crippen LogP contribution in [-0.2, 0) is 15.6 Å². The summed E-state index contributed by atoms with van der Waals surface area (Å²) in [6, 6.07) is 0. The normalized spacial score (nSPS) is 20.2. The quantitative estimate of drug-likeness (QED) is 0.616. The lowest BCUT2D eigenvalue weighted by Crippen LogP contribution is -2.20. The molecule has 1 aliphatic rings. The van der Waals surface area contributed by atoms with Crippen LogP contribution in [-0.4, -0.2) is 31.0 Å². The molecular weight excluding hydrogens is 168 g/mol. The van der Waals surface area contributed by atoms with Crippen molar-refractivity contribution in [1.82, 2.24) is 0 Å². The summed E-state index contributed by atoms with van der Waals surface area (Å²) in [6.07, 6.45) is 12.0. The third-order valence-electron chi connectivity index (χ3n) is 2.40. The number of hydrogen-bond donors (Lipinski definition) is 0. The molecule has 0 saturated heterocycles. The highest BCUT2D eigenvalue weighted by molar-refractivity contribution is 7.95. The fraction of sp³-hybridized carbons (Fsp3) is 1.00. The fourth-order valence-electron chi connectivity index (χ4n) is 1.61. The van der Waals surface area contributed by atoms with Crippen LogP contribution in [0.15, 0.2) is 0 Å². The Morgan fingerprint density at radius 2 is 1.83 bits per heavy atom. The molecule has 0 radical (unpaired) electrons. The first-order valence-electron chi connectivity index (χ1n) is 4.95. The van der Waals surface area contributed by atoms with Gasteiger partial charge in [0.2, 0.25) is 0 Å². The molecule has 0 atom stereocenters. The number of hydrogen-bond acceptors (Lipinski definition) is 1. The maximum absolute atomic E-state index is 5.80. The fourth-order valence-corrected chi connectivity index (χ4v) is 2.04. The Bertz CT molecular complexity index is 108. The maximum atomic E-state index is 5.80. The van der Waals surface area contributed by atoms with E-state index in [1.165, 1.54) is 37.9 Å². The molecule has 2 heteroatoms. The molecule has 0 spiro atoms. The minimum atomic E-state index is 0.555. The van der Waals surface area contributed by atoms with Crippen LogP contribution in [0.25, 0.3) is 0 Å². The number of rotatable bonds is 4. The van der Waals surface area contributed by atoms with Gasteiger partial charge in [-0.3, -0.25) is 0 Å². The van der Waals surface area contributed by atoms with Crippen LogP contribution >= 0.6 is 0 Å². The van der Waals surface area contributed by atoms with Gasteiger partial charge in [0.25, 0.3) is 0 Å². The van der Waals surface area contributed by atoms with E-state index in [1.54, 1.807) is 0 Å². The predicted octanol–water partition coefficient (Wildman–Crippen LogP) is 2.21. The summed E-state index contributed by atoms with van der Waals surface area (Å²) in [5, 5.41) is 0. The Labute approximate surface area is 79.2 Å². The first kappa shape index (κ1) is 10.4. The molecule has 12 heavy (non-hydrogen) atoms. The second-order valence-electron chi connectivity index (χ2n) is 3.82. The molecule has 1 aliphatic carbocycles. The molecule has 0 heterocycles. The van der Waals surface area contributed by atoms with E-state index in [1.807, 2.05) is 0 Å². The van der Waals surface area contributed by atoms with Crippen LogP contribution in [0, 0.1) is 0 Å².